The number of aliphatic hydroxyl groups excluding tert-OH is 1. The van der Waals surface area contributed by atoms with Gasteiger partial charge in [0.25, 0.3) is 0 Å². The van der Waals surface area contributed by atoms with Crippen LogP contribution in [0, 0.1) is 11.8 Å². The summed E-state index contributed by atoms with van der Waals surface area (Å²) in [5, 5.41) is 8.78. The van der Waals surface area contributed by atoms with E-state index >= 15 is 0 Å². The molecule has 0 fully saturated rings. The van der Waals surface area contributed by atoms with E-state index in [2.05, 4.69) is 26.0 Å². The van der Waals surface area contributed by atoms with Crippen molar-refractivity contribution in [2.24, 2.45) is 11.8 Å². The number of aliphatic hydroxyl groups is 1. The second-order valence-corrected chi connectivity index (χ2v) is 2.98. The van der Waals surface area contributed by atoms with Gasteiger partial charge in [-0.1, -0.05) is 32.1 Å². The molecule has 2 atom stereocenters. The molecule has 0 heterocycles. The minimum atomic E-state index is 0.174. The van der Waals surface area contributed by atoms with Crippen LogP contribution in [0.5, 0.6) is 0 Å². The van der Waals surface area contributed by atoms with Gasteiger partial charge in [0.05, 0.1) is 6.61 Å². The van der Waals surface area contributed by atoms with Gasteiger partial charge in [-0.2, -0.15) is 0 Å². The van der Waals surface area contributed by atoms with Gasteiger partial charge >= 0.3 is 0 Å². The fourth-order valence-electron chi connectivity index (χ4n) is 1.10. The van der Waals surface area contributed by atoms with Crippen LogP contribution >= 0.6 is 0 Å². The zero-order valence-corrected chi connectivity index (χ0v) is 6.54. The van der Waals surface area contributed by atoms with Crippen LogP contribution in [-0.4, -0.2) is 11.7 Å². The lowest BCUT2D eigenvalue weighted by molar-refractivity contribution is 0.331. The third kappa shape index (κ3) is 1.48. The van der Waals surface area contributed by atoms with Crippen molar-refractivity contribution < 1.29 is 5.11 Å². The molecule has 1 aliphatic rings. The van der Waals surface area contributed by atoms with E-state index in [1.54, 1.807) is 0 Å². The molecule has 1 N–H and O–H groups in total. The molecule has 0 saturated heterocycles. The van der Waals surface area contributed by atoms with Crippen LogP contribution in [0.4, 0.5) is 0 Å². The van der Waals surface area contributed by atoms with Crippen molar-refractivity contribution in [3.8, 4) is 0 Å². The highest BCUT2D eigenvalue weighted by Gasteiger charge is 2.10. The number of hydrogen-bond acceptors (Lipinski definition) is 1. The van der Waals surface area contributed by atoms with Gasteiger partial charge < -0.3 is 5.11 Å². The predicted molar refractivity (Wildman–Crippen MR) is 42.6 cm³/mol. The normalized spacial score (nSPS) is 32.1. The fourth-order valence-corrected chi connectivity index (χ4v) is 1.10. The van der Waals surface area contributed by atoms with E-state index in [4.69, 9.17) is 5.11 Å². The van der Waals surface area contributed by atoms with E-state index in [9.17, 15) is 0 Å². The summed E-state index contributed by atoms with van der Waals surface area (Å²) < 4.78 is 0. The first-order valence-corrected chi connectivity index (χ1v) is 3.74. The SMILES string of the molecule is CC1C=CC(CO)=CC1C. The Morgan fingerprint density at radius 2 is 2.10 bits per heavy atom. The minimum Gasteiger partial charge on any atom is -0.392 e. The topological polar surface area (TPSA) is 20.2 Å². The van der Waals surface area contributed by atoms with Gasteiger partial charge in [-0.3, -0.25) is 0 Å². The highest BCUT2D eigenvalue weighted by Crippen LogP contribution is 2.21. The Balaban J connectivity index is 2.66. The highest BCUT2D eigenvalue weighted by molar-refractivity contribution is 5.24. The van der Waals surface area contributed by atoms with E-state index < -0.39 is 0 Å². The summed E-state index contributed by atoms with van der Waals surface area (Å²) in [7, 11) is 0. The van der Waals surface area contributed by atoms with Crippen LogP contribution in [0.3, 0.4) is 0 Å². The molecule has 56 valence electrons. The Kier molecular flexibility index (Phi) is 2.28. The molecule has 0 spiro atoms. The maximum atomic E-state index is 8.78. The Morgan fingerprint density at radius 1 is 1.40 bits per heavy atom. The summed E-state index contributed by atoms with van der Waals surface area (Å²) in [6.45, 7) is 4.53. The molecule has 0 saturated carbocycles. The summed E-state index contributed by atoms with van der Waals surface area (Å²) >= 11 is 0. The number of rotatable bonds is 1. The van der Waals surface area contributed by atoms with Gasteiger partial charge in [0.1, 0.15) is 0 Å². The van der Waals surface area contributed by atoms with Crippen LogP contribution < -0.4 is 0 Å². The van der Waals surface area contributed by atoms with E-state index in [1.165, 1.54) is 0 Å². The standard InChI is InChI=1S/C9H14O/c1-7-3-4-9(6-10)5-8(7)2/h3-5,7-8,10H,6H2,1-2H3. The lowest BCUT2D eigenvalue weighted by Gasteiger charge is -2.17. The zero-order chi connectivity index (χ0) is 7.56. The molecule has 0 radical (unpaired) electrons. The first-order chi connectivity index (χ1) is 4.74. The van der Waals surface area contributed by atoms with Crippen molar-refractivity contribution >= 4 is 0 Å². The van der Waals surface area contributed by atoms with Crippen molar-refractivity contribution in [2.45, 2.75) is 13.8 Å². The number of allylic oxidation sites excluding steroid dienone is 2. The maximum Gasteiger partial charge on any atom is 0.0678 e. The first-order valence-electron chi connectivity index (χ1n) is 3.74. The molecular weight excluding hydrogens is 124 g/mol. The minimum absolute atomic E-state index is 0.174. The molecule has 0 aliphatic heterocycles. The third-order valence-electron chi connectivity index (χ3n) is 2.10. The van der Waals surface area contributed by atoms with Crippen molar-refractivity contribution in [3.63, 3.8) is 0 Å². The van der Waals surface area contributed by atoms with Gasteiger partial charge in [0.2, 0.25) is 0 Å². The van der Waals surface area contributed by atoms with E-state index in [-0.39, 0.29) is 6.61 Å². The van der Waals surface area contributed by atoms with Crippen molar-refractivity contribution in [1.82, 2.24) is 0 Å². The molecule has 0 bridgehead atoms. The first kappa shape index (κ1) is 7.55. The van der Waals surface area contributed by atoms with Crippen LogP contribution in [0.1, 0.15) is 13.8 Å². The van der Waals surface area contributed by atoms with Crippen molar-refractivity contribution in [2.75, 3.05) is 6.61 Å². The lowest BCUT2D eigenvalue weighted by Crippen LogP contribution is -2.07. The summed E-state index contributed by atoms with van der Waals surface area (Å²) in [6.07, 6.45) is 6.28. The molecule has 0 amide bonds. The molecule has 0 aromatic heterocycles. The van der Waals surface area contributed by atoms with E-state index in [0.717, 1.165) is 5.57 Å². The van der Waals surface area contributed by atoms with Crippen LogP contribution in [-0.2, 0) is 0 Å². The summed E-state index contributed by atoms with van der Waals surface area (Å²) in [5.74, 6) is 1.20. The summed E-state index contributed by atoms with van der Waals surface area (Å²) in [4.78, 5) is 0. The molecular formula is C9H14O. The zero-order valence-electron chi connectivity index (χ0n) is 6.54. The van der Waals surface area contributed by atoms with Crippen molar-refractivity contribution in [1.29, 1.82) is 0 Å². The second kappa shape index (κ2) is 3.02. The van der Waals surface area contributed by atoms with Crippen LogP contribution in [0.25, 0.3) is 0 Å². The Labute approximate surface area is 62.1 Å². The monoisotopic (exact) mass is 138 g/mol. The van der Waals surface area contributed by atoms with Crippen LogP contribution in [0.2, 0.25) is 0 Å². The Bertz CT molecular complexity index is 168. The molecule has 0 aromatic rings. The van der Waals surface area contributed by atoms with Gasteiger partial charge in [-0.05, 0) is 17.4 Å². The van der Waals surface area contributed by atoms with E-state index in [0.29, 0.717) is 11.8 Å². The quantitative estimate of drug-likeness (QED) is 0.585. The molecule has 0 aromatic carbocycles. The van der Waals surface area contributed by atoms with Crippen LogP contribution in [0.15, 0.2) is 23.8 Å². The van der Waals surface area contributed by atoms with Gasteiger partial charge in [0, 0.05) is 0 Å². The molecule has 1 aliphatic carbocycles. The third-order valence-corrected chi connectivity index (χ3v) is 2.10. The van der Waals surface area contributed by atoms with Gasteiger partial charge in [0.15, 0.2) is 0 Å². The summed E-state index contributed by atoms with van der Waals surface area (Å²) in [6, 6.07) is 0. The molecule has 1 rings (SSSR count). The average Bonchev–Trinajstić information content (AvgIpc) is 1.95. The van der Waals surface area contributed by atoms with Crippen molar-refractivity contribution in [3.05, 3.63) is 23.8 Å². The van der Waals surface area contributed by atoms with Gasteiger partial charge in [-0.25, -0.2) is 0 Å². The largest absolute Gasteiger partial charge is 0.392 e. The fraction of sp³-hybridized carbons (Fsp3) is 0.556. The highest BCUT2D eigenvalue weighted by atomic mass is 16.3. The Hall–Kier alpha value is -0.560. The van der Waals surface area contributed by atoms with Gasteiger partial charge in [-0.15, -0.1) is 0 Å². The lowest BCUT2D eigenvalue weighted by atomic mass is 9.89. The number of hydrogen-bond donors (Lipinski definition) is 1. The predicted octanol–water partition coefficient (Wildman–Crippen LogP) is 1.75. The molecule has 1 heteroatoms. The maximum absolute atomic E-state index is 8.78. The Morgan fingerprint density at radius 3 is 2.60 bits per heavy atom. The second-order valence-electron chi connectivity index (χ2n) is 2.98. The molecule has 10 heavy (non-hydrogen) atoms. The van der Waals surface area contributed by atoms with E-state index in [1.807, 2.05) is 6.08 Å². The average molecular weight is 138 g/mol. The molecule has 2 unspecified atom stereocenters. The molecule has 1 nitrogen and oxygen atoms in total. The smallest absolute Gasteiger partial charge is 0.0678 e. The summed E-state index contributed by atoms with van der Waals surface area (Å²) in [5.41, 5.74) is 1.05.